The summed E-state index contributed by atoms with van der Waals surface area (Å²) < 4.78 is 5.81. The lowest BCUT2D eigenvalue weighted by Crippen LogP contribution is -2.49. The highest BCUT2D eigenvalue weighted by atomic mass is 16.5. The number of rotatable bonds is 8. The number of nitrogens with zero attached hydrogens (tertiary/aromatic N) is 2. The lowest BCUT2D eigenvalue weighted by Gasteiger charge is -2.31. The number of hydrogen-bond acceptors (Lipinski definition) is 6. The Morgan fingerprint density at radius 3 is 2.79 bits per heavy atom. The highest BCUT2D eigenvalue weighted by molar-refractivity contribution is 5.94. The zero-order chi connectivity index (χ0) is 20.5. The maximum Gasteiger partial charge on any atom is 0.253 e. The number of piperidine rings is 1. The summed E-state index contributed by atoms with van der Waals surface area (Å²) in [7, 11) is 0. The van der Waals surface area contributed by atoms with Crippen molar-refractivity contribution >= 4 is 11.8 Å². The third-order valence-corrected chi connectivity index (χ3v) is 5.27. The Balaban J connectivity index is 1.43. The number of carbonyl (C=O) groups is 2. The molecular weight excluding hydrogens is 372 g/mol. The van der Waals surface area contributed by atoms with Crippen molar-refractivity contribution in [3.63, 3.8) is 0 Å². The fourth-order valence-corrected chi connectivity index (χ4v) is 3.66. The molecule has 0 bridgehead atoms. The number of aromatic nitrogens is 1. The summed E-state index contributed by atoms with van der Waals surface area (Å²) in [6.45, 7) is 3.45. The smallest absolute Gasteiger partial charge is 0.253 e. The predicted octanol–water partition coefficient (Wildman–Crippen LogP) is 0.488. The van der Waals surface area contributed by atoms with E-state index in [4.69, 9.17) is 4.74 Å². The molecular formula is C21H30N4O4. The van der Waals surface area contributed by atoms with Crippen molar-refractivity contribution in [1.82, 2.24) is 20.5 Å². The Labute approximate surface area is 171 Å². The van der Waals surface area contributed by atoms with Gasteiger partial charge in [-0.2, -0.15) is 0 Å². The minimum atomic E-state index is -0.605. The number of ether oxygens (including phenoxy) is 1. The van der Waals surface area contributed by atoms with Crippen LogP contribution in [-0.4, -0.2) is 77.8 Å². The van der Waals surface area contributed by atoms with Crippen LogP contribution in [0.1, 0.15) is 36.0 Å². The van der Waals surface area contributed by atoms with Crippen molar-refractivity contribution in [1.29, 1.82) is 0 Å². The molecule has 0 aromatic carbocycles. The quantitative estimate of drug-likeness (QED) is 0.547. The van der Waals surface area contributed by atoms with Crippen molar-refractivity contribution in [3.8, 4) is 0 Å². The summed E-state index contributed by atoms with van der Waals surface area (Å²) in [5.41, 5.74) is 0.438. The maximum absolute atomic E-state index is 12.3. The van der Waals surface area contributed by atoms with Gasteiger partial charge >= 0.3 is 0 Å². The van der Waals surface area contributed by atoms with Crippen molar-refractivity contribution in [2.75, 3.05) is 32.8 Å². The average molecular weight is 402 g/mol. The lowest BCUT2D eigenvalue weighted by atomic mass is 10.0. The summed E-state index contributed by atoms with van der Waals surface area (Å²) in [6.07, 6.45) is 9.55. The number of aliphatic hydroxyl groups is 1. The fraction of sp³-hybridized carbons (Fsp3) is 0.571. The van der Waals surface area contributed by atoms with Crippen LogP contribution in [0.25, 0.3) is 0 Å². The first-order valence-corrected chi connectivity index (χ1v) is 10.3. The maximum atomic E-state index is 12.3. The zero-order valence-corrected chi connectivity index (χ0v) is 16.6. The van der Waals surface area contributed by atoms with Crippen LogP contribution in [-0.2, 0) is 9.53 Å². The second-order valence-electron chi connectivity index (χ2n) is 7.48. The minimum Gasteiger partial charge on any atom is -0.394 e. The van der Waals surface area contributed by atoms with Crippen LogP contribution in [0, 0.1) is 0 Å². The van der Waals surface area contributed by atoms with E-state index < -0.39 is 18.2 Å². The Morgan fingerprint density at radius 1 is 1.24 bits per heavy atom. The van der Waals surface area contributed by atoms with Gasteiger partial charge in [-0.1, -0.05) is 18.6 Å². The first kappa shape index (κ1) is 21.4. The molecule has 0 unspecified atom stereocenters. The Bertz CT molecular complexity index is 691. The summed E-state index contributed by atoms with van der Waals surface area (Å²) in [6, 6.07) is 2.89. The summed E-state index contributed by atoms with van der Waals surface area (Å²) in [5, 5.41) is 15.4. The SMILES string of the molecule is O=C(C[C@@H]1C=C[C@H](NC(=O)c2cccnc2)[C@H](CO)O1)NCCN1CCCCC1. The minimum absolute atomic E-state index is 0.0776. The van der Waals surface area contributed by atoms with E-state index in [1.54, 1.807) is 30.5 Å². The van der Waals surface area contributed by atoms with E-state index in [9.17, 15) is 14.7 Å². The van der Waals surface area contributed by atoms with Crippen LogP contribution in [0.4, 0.5) is 0 Å². The third kappa shape index (κ3) is 6.62. The van der Waals surface area contributed by atoms with Gasteiger partial charge in [-0.3, -0.25) is 14.6 Å². The molecule has 1 fully saturated rings. The monoisotopic (exact) mass is 402 g/mol. The van der Waals surface area contributed by atoms with Crippen LogP contribution in [0.2, 0.25) is 0 Å². The van der Waals surface area contributed by atoms with Crippen molar-refractivity contribution in [2.45, 2.75) is 43.9 Å². The molecule has 0 spiro atoms. The molecule has 8 nitrogen and oxygen atoms in total. The van der Waals surface area contributed by atoms with Gasteiger partial charge in [0.05, 0.1) is 30.7 Å². The Morgan fingerprint density at radius 2 is 2.07 bits per heavy atom. The Hall–Kier alpha value is -2.29. The average Bonchev–Trinajstić information content (AvgIpc) is 2.76. The molecule has 0 saturated carbocycles. The van der Waals surface area contributed by atoms with Gasteiger partial charge in [0.15, 0.2) is 0 Å². The van der Waals surface area contributed by atoms with E-state index in [0.29, 0.717) is 12.1 Å². The number of likely N-dealkylation sites (tertiary alicyclic amines) is 1. The van der Waals surface area contributed by atoms with Crippen LogP contribution in [0.15, 0.2) is 36.7 Å². The van der Waals surface area contributed by atoms with E-state index in [-0.39, 0.29) is 24.8 Å². The van der Waals surface area contributed by atoms with Crippen LogP contribution in [0.5, 0.6) is 0 Å². The van der Waals surface area contributed by atoms with Gasteiger partial charge < -0.3 is 25.4 Å². The standard InChI is InChI=1S/C21H30N4O4/c26-15-19-18(24-21(28)16-5-4-8-22-14-16)7-6-17(29-19)13-20(27)23-9-12-25-10-2-1-3-11-25/h4-8,14,17-19,26H,1-3,9-13,15H2,(H,23,27)(H,24,28)/t17-,18-,19-/m0/s1. The molecule has 1 aromatic rings. The van der Waals surface area contributed by atoms with Crippen LogP contribution in [0.3, 0.4) is 0 Å². The molecule has 2 aliphatic rings. The number of carbonyl (C=O) groups excluding carboxylic acids is 2. The molecule has 158 valence electrons. The first-order chi connectivity index (χ1) is 14.2. The molecule has 3 rings (SSSR count). The highest BCUT2D eigenvalue weighted by Crippen LogP contribution is 2.16. The van der Waals surface area contributed by atoms with Gasteiger partial charge in [0, 0.05) is 25.5 Å². The molecule has 0 aliphatic carbocycles. The van der Waals surface area contributed by atoms with E-state index in [1.165, 1.54) is 25.5 Å². The van der Waals surface area contributed by atoms with Gasteiger partial charge in [-0.25, -0.2) is 0 Å². The number of nitrogens with one attached hydrogen (secondary N) is 2. The molecule has 8 heteroatoms. The second-order valence-corrected chi connectivity index (χ2v) is 7.48. The molecule has 2 amide bonds. The van der Waals surface area contributed by atoms with E-state index in [2.05, 4.69) is 20.5 Å². The molecule has 0 radical (unpaired) electrons. The molecule has 1 saturated heterocycles. The number of aliphatic hydroxyl groups excluding tert-OH is 1. The van der Waals surface area contributed by atoms with E-state index >= 15 is 0 Å². The Kier molecular flexibility index (Phi) is 8.15. The largest absolute Gasteiger partial charge is 0.394 e. The van der Waals surface area contributed by atoms with Gasteiger partial charge in [0.25, 0.3) is 5.91 Å². The normalized spacial score (nSPS) is 24.8. The molecule has 2 aliphatic heterocycles. The van der Waals surface area contributed by atoms with Crippen molar-refractivity contribution in [3.05, 3.63) is 42.2 Å². The fourth-order valence-electron chi connectivity index (χ4n) is 3.66. The first-order valence-electron chi connectivity index (χ1n) is 10.3. The number of pyridine rings is 1. The predicted molar refractivity (Wildman–Crippen MR) is 108 cm³/mol. The molecule has 1 aromatic heterocycles. The number of amides is 2. The zero-order valence-electron chi connectivity index (χ0n) is 16.6. The summed E-state index contributed by atoms with van der Waals surface area (Å²) >= 11 is 0. The molecule has 3 N–H and O–H groups in total. The van der Waals surface area contributed by atoms with Crippen LogP contribution < -0.4 is 10.6 Å². The van der Waals surface area contributed by atoms with Gasteiger partial charge in [0.1, 0.15) is 6.10 Å². The molecule has 3 atom stereocenters. The van der Waals surface area contributed by atoms with Crippen molar-refractivity contribution < 1.29 is 19.4 Å². The van der Waals surface area contributed by atoms with Gasteiger partial charge in [-0.15, -0.1) is 0 Å². The van der Waals surface area contributed by atoms with Gasteiger partial charge in [-0.05, 0) is 38.1 Å². The lowest BCUT2D eigenvalue weighted by molar-refractivity contribution is -0.125. The summed E-state index contributed by atoms with van der Waals surface area (Å²) in [5.74, 6) is -0.366. The van der Waals surface area contributed by atoms with Crippen molar-refractivity contribution in [2.24, 2.45) is 0 Å². The van der Waals surface area contributed by atoms with Crippen LogP contribution >= 0.6 is 0 Å². The highest BCUT2D eigenvalue weighted by Gasteiger charge is 2.29. The molecule has 3 heterocycles. The number of hydrogen-bond donors (Lipinski definition) is 3. The van der Waals surface area contributed by atoms with E-state index in [0.717, 1.165) is 19.6 Å². The summed E-state index contributed by atoms with van der Waals surface area (Å²) in [4.78, 5) is 30.8. The van der Waals surface area contributed by atoms with E-state index in [1.807, 2.05) is 0 Å². The molecule has 29 heavy (non-hydrogen) atoms. The third-order valence-electron chi connectivity index (χ3n) is 5.27. The van der Waals surface area contributed by atoms with Gasteiger partial charge in [0.2, 0.25) is 5.91 Å². The second kappa shape index (κ2) is 11.0. The topological polar surface area (TPSA) is 104 Å².